The fourth-order valence-corrected chi connectivity index (χ4v) is 4.52. The molecule has 0 radical (unpaired) electrons. The molecule has 0 fully saturated rings. The van der Waals surface area contributed by atoms with Gasteiger partial charge in [-0.15, -0.1) is 0 Å². The number of rotatable bonds is 6. The van der Waals surface area contributed by atoms with Gasteiger partial charge in [0.25, 0.3) is 0 Å². The van der Waals surface area contributed by atoms with Crippen LogP contribution in [0.2, 0.25) is 0 Å². The number of sulfone groups is 1. The molecule has 0 bridgehead atoms. The van der Waals surface area contributed by atoms with E-state index in [-0.39, 0.29) is 4.90 Å². The lowest BCUT2D eigenvalue weighted by atomic mass is 10.1. The van der Waals surface area contributed by atoms with Gasteiger partial charge >= 0.3 is 6.18 Å². The summed E-state index contributed by atoms with van der Waals surface area (Å²) in [7, 11) is -3.89. The number of benzene rings is 2. The minimum atomic E-state index is -4.65. The van der Waals surface area contributed by atoms with E-state index in [1.54, 1.807) is 32.0 Å². The molecule has 3 aromatic rings. The molecule has 31 heavy (non-hydrogen) atoms. The molecule has 164 valence electrons. The summed E-state index contributed by atoms with van der Waals surface area (Å²) in [5, 5.41) is 5.92. The van der Waals surface area contributed by atoms with Gasteiger partial charge in [0.1, 0.15) is 0 Å². The number of amides is 1. The molecule has 1 aromatic heterocycles. The van der Waals surface area contributed by atoms with Gasteiger partial charge in [0.15, 0.2) is 15.6 Å². The molecule has 0 saturated heterocycles. The van der Waals surface area contributed by atoms with Crippen molar-refractivity contribution in [2.24, 2.45) is 0 Å². The van der Waals surface area contributed by atoms with E-state index >= 15 is 0 Å². The summed E-state index contributed by atoms with van der Waals surface area (Å²) in [5.74, 6) is -0.998. The highest BCUT2D eigenvalue weighted by Gasteiger charge is 2.33. The predicted octanol–water partition coefficient (Wildman–Crippen LogP) is 4.78. The van der Waals surface area contributed by atoms with E-state index in [2.05, 4.69) is 10.5 Å². The van der Waals surface area contributed by atoms with Crippen LogP contribution in [-0.2, 0) is 20.8 Å². The van der Waals surface area contributed by atoms with Crippen LogP contribution in [0.4, 0.5) is 18.9 Å². The van der Waals surface area contributed by atoms with Crippen molar-refractivity contribution in [1.29, 1.82) is 0 Å². The molecule has 0 atom stereocenters. The molecule has 6 nitrogen and oxygen atoms in total. The molecule has 1 amide bonds. The fourth-order valence-electron chi connectivity index (χ4n) is 2.98. The Morgan fingerprint density at radius 1 is 1.10 bits per heavy atom. The summed E-state index contributed by atoms with van der Waals surface area (Å²) in [6.45, 7) is 3.34. The van der Waals surface area contributed by atoms with Crippen molar-refractivity contribution in [3.8, 4) is 11.3 Å². The first kappa shape index (κ1) is 22.5. The van der Waals surface area contributed by atoms with Crippen molar-refractivity contribution in [2.45, 2.75) is 31.3 Å². The number of para-hydroxylation sites is 1. The van der Waals surface area contributed by atoms with Crippen molar-refractivity contribution < 1.29 is 30.9 Å². The first-order valence-electron chi connectivity index (χ1n) is 9.20. The Balaban J connectivity index is 1.76. The second-order valence-corrected chi connectivity index (χ2v) is 9.05. The third-order valence-electron chi connectivity index (χ3n) is 4.54. The molecule has 0 unspecified atom stereocenters. The third-order valence-corrected chi connectivity index (χ3v) is 6.39. The summed E-state index contributed by atoms with van der Waals surface area (Å²) in [4.78, 5) is 12.2. The van der Waals surface area contributed by atoms with Gasteiger partial charge in [-0.25, -0.2) is 8.42 Å². The normalized spacial score (nSPS) is 12.0. The lowest BCUT2D eigenvalue weighted by molar-refractivity contribution is -0.137. The Morgan fingerprint density at radius 3 is 2.45 bits per heavy atom. The maximum atomic E-state index is 13.1. The molecular weight excluding hydrogens is 433 g/mol. The average molecular weight is 452 g/mol. The molecule has 0 spiro atoms. The van der Waals surface area contributed by atoms with Crippen LogP contribution in [0.3, 0.4) is 0 Å². The smallest absolute Gasteiger partial charge is 0.356 e. The molecular formula is C21H19F3N2O4S. The van der Waals surface area contributed by atoms with Gasteiger partial charge in [-0.1, -0.05) is 29.4 Å². The quantitative estimate of drug-likeness (QED) is 0.581. The Hall–Kier alpha value is -3.14. The van der Waals surface area contributed by atoms with Crippen LogP contribution in [0.15, 0.2) is 57.9 Å². The monoisotopic (exact) mass is 452 g/mol. The standard InChI is InChI=1S/C21H19F3N2O4S/c1-13-7-8-15(18-11-14(2)26-30-18)12-19(13)31(28,29)10-9-20(27)25-17-6-4-3-5-16(17)21(22,23)24/h3-8,11-12H,9-10H2,1-2H3,(H,25,27). The minimum absolute atomic E-state index is 0.0162. The molecule has 0 saturated carbocycles. The SMILES string of the molecule is Cc1cc(-c2ccc(C)c(S(=O)(=O)CCC(=O)Nc3ccccc3C(F)(F)F)c2)on1. The number of carbonyl (C=O) groups excluding carboxylic acids is 1. The van der Waals surface area contributed by atoms with Gasteiger partial charge in [0, 0.05) is 18.1 Å². The van der Waals surface area contributed by atoms with Crippen LogP contribution in [0, 0.1) is 13.8 Å². The van der Waals surface area contributed by atoms with Gasteiger partial charge in [-0.3, -0.25) is 4.79 Å². The lowest BCUT2D eigenvalue weighted by Crippen LogP contribution is -2.20. The summed E-state index contributed by atoms with van der Waals surface area (Å²) in [6.07, 6.45) is -5.15. The van der Waals surface area contributed by atoms with Crippen molar-refractivity contribution >= 4 is 21.4 Å². The number of nitrogens with one attached hydrogen (secondary N) is 1. The number of aryl methyl sites for hydroxylation is 2. The zero-order valence-electron chi connectivity index (χ0n) is 16.7. The van der Waals surface area contributed by atoms with Crippen molar-refractivity contribution in [3.63, 3.8) is 0 Å². The van der Waals surface area contributed by atoms with Gasteiger partial charge in [-0.2, -0.15) is 13.2 Å². The van der Waals surface area contributed by atoms with Crippen LogP contribution in [-0.4, -0.2) is 25.2 Å². The maximum Gasteiger partial charge on any atom is 0.418 e. The van der Waals surface area contributed by atoms with Gasteiger partial charge in [-0.05, 0) is 37.6 Å². The van der Waals surface area contributed by atoms with E-state index in [0.29, 0.717) is 22.6 Å². The molecule has 3 rings (SSSR count). The van der Waals surface area contributed by atoms with Crippen LogP contribution >= 0.6 is 0 Å². The number of hydrogen-bond acceptors (Lipinski definition) is 5. The largest absolute Gasteiger partial charge is 0.418 e. The average Bonchev–Trinajstić information content (AvgIpc) is 3.13. The number of anilines is 1. The Labute approximate surface area is 177 Å². The lowest BCUT2D eigenvalue weighted by Gasteiger charge is -2.14. The van der Waals surface area contributed by atoms with Gasteiger partial charge in [0.05, 0.1) is 27.6 Å². The number of carbonyl (C=O) groups is 1. The second kappa shape index (κ2) is 8.54. The molecule has 0 aliphatic heterocycles. The van der Waals surface area contributed by atoms with Crippen LogP contribution in [0.1, 0.15) is 23.2 Å². The zero-order valence-corrected chi connectivity index (χ0v) is 17.5. The van der Waals surface area contributed by atoms with E-state index in [9.17, 15) is 26.4 Å². The number of halogens is 3. The van der Waals surface area contributed by atoms with E-state index in [0.717, 1.165) is 12.1 Å². The second-order valence-electron chi connectivity index (χ2n) is 6.97. The zero-order chi connectivity index (χ0) is 22.8. The van der Waals surface area contributed by atoms with Gasteiger partial charge in [0.2, 0.25) is 5.91 Å². The summed E-state index contributed by atoms with van der Waals surface area (Å²) < 4.78 is 70.0. The van der Waals surface area contributed by atoms with E-state index in [4.69, 9.17) is 4.52 Å². The molecule has 2 aromatic carbocycles. The van der Waals surface area contributed by atoms with E-state index in [1.807, 2.05) is 0 Å². The number of hydrogen-bond donors (Lipinski definition) is 1. The molecule has 1 N–H and O–H groups in total. The van der Waals surface area contributed by atoms with Crippen LogP contribution < -0.4 is 5.32 Å². The molecule has 1 heterocycles. The number of aromatic nitrogens is 1. The number of nitrogens with zero attached hydrogens (tertiary/aromatic N) is 1. The van der Waals surface area contributed by atoms with Crippen molar-refractivity contribution in [2.75, 3.05) is 11.1 Å². The highest BCUT2D eigenvalue weighted by molar-refractivity contribution is 7.91. The third kappa shape index (κ3) is 5.32. The van der Waals surface area contributed by atoms with Crippen LogP contribution in [0.25, 0.3) is 11.3 Å². The van der Waals surface area contributed by atoms with E-state index < -0.39 is 45.3 Å². The molecule has 0 aliphatic carbocycles. The Kier molecular flexibility index (Phi) is 6.21. The molecule has 10 heteroatoms. The molecule has 0 aliphatic rings. The van der Waals surface area contributed by atoms with E-state index in [1.165, 1.54) is 18.2 Å². The summed E-state index contributed by atoms with van der Waals surface area (Å²) >= 11 is 0. The highest BCUT2D eigenvalue weighted by atomic mass is 32.2. The van der Waals surface area contributed by atoms with Crippen molar-refractivity contribution in [1.82, 2.24) is 5.16 Å². The topological polar surface area (TPSA) is 89.3 Å². The minimum Gasteiger partial charge on any atom is -0.356 e. The maximum absolute atomic E-state index is 13.1. The fraction of sp³-hybridized carbons (Fsp3) is 0.238. The Morgan fingerprint density at radius 2 is 1.81 bits per heavy atom. The Bertz CT molecular complexity index is 1220. The first-order chi connectivity index (χ1) is 14.5. The van der Waals surface area contributed by atoms with Crippen LogP contribution in [0.5, 0.6) is 0 Å². The first-order valence-corrected chi connectivity index (χ1v) is 10.9. The number of alkyl halides is 3. The van der Waals surface area contributed by atoms with Crippen molar-refractivity contribution in [3.05, 3.63) is 65.4 Å². The predicted molar refractivity (Wildman–Crippen MR) is 108 cm³/mol. The van der Waals surface area contributed by atoms with Gasteiger partial charge < -0.3 is 9.84 Å². The summed E-state index contributed by atoms with van der Waals surface area (Å²) in [6, 6.07) is 10.9. The highest BCUT2D eigenvalue weighted by Crippen LogP contribution is 2.34. The summed E-state index contributed by atoms with van der Waals surface area (Å²) in [5.41, 5.74) is 0.195.